The molecule has 0 saturated heterocycles. The van der Waals surface area contributed by atoms with Crippen molar-refractivity contribution < 1.29 is 23.0 Å². The number of benzene rings is 4. The molecular formula is C20H12N3O6S-. The van der Waals surface area contributed by atoms with E-state index in [0.717, 1.165) is 17.5 Å². The number of azo groups is 1. The summed E-state index contributed by atoms with van der Waals surface area (Å²) in [4.78, 5) is 9.79. The fourth-order valence-electron chi connectivity index (χ4n) is 3.16. The monoisotopic (exact) mass is 422 g/mol. The highest BCUT2D eigenvalue weighted by Gasteiger charge is 2.15. The zero-order chi connectivity index (χ0) is 21.5. The maximum absolute atomic E-state index is 11.6. The largest absolute Gasteiger partial charge is 0.744 e. The lowest BCUT2D eigenvalue weighted by Gasteiger charge is -2.12. The molecule has 1 N–H and O–H groups in total. The van der Waals surface area contributed by atoms with Crippen molar-refractivity contribution in [1.29, 1.82) is 0 Å². The first-order valence-electron chi connectivity index (χ1n) is 8.55. The van der Waals surface area contributed by atoms with Crippen LogP contribution in [-0.2, 0) is 10.1 Å². The Bertz CT molecular complexity index is 1460. The molecule has 150 valence electrons. The fourth-order valence-corrected chi connectivity index (χ4v) is 3.84. The van der Waals surface area contributed by atoms with E-state index in [2.05, 4.69) is 10.2 Å². The number of rotatable bonds is 4. The van der Waals surface area contributed by atoms with Gasteiger partial charge in [0.15, 0.2) is 0 Å². The highest BCUT2D eigenvalue weighted by molar-refractivity contribution is 7.86. The smallest absolute Gasteiger partial charge is 0.270 e. The lowest BCUT2D eigenvalue weighted by Crippen LogP contribution is -2.00. The third-order valence-electron chi connectivity index (χ3n) is 4.55. The number of nitrogens with zero attached hydrogens (tertiary/aromatic N) is 3. The molecule has 9 nitrogen and oxygen atoms in total. The summed E-state index contributed by atoms with van der Waals surface area (Å²) in [7, 11) is -4.88. The van der Waals surface area contributed by atoms with Crippen molar-refractivity contribution in [3.05, 3.63) is 76.8 Å². The zero-order valence-corrected chi connectivity index (χ0v) is 15.9. The third-order valence-corrected chi connectivity index (χ3v) is 5.45. The molecule has 0 radical (unpaired) electrons. The maximum Gasteiger partial charge on any atom is 0.270 e. The predicted molar refractivity (Wildman–Crippen MR) is 108 cm³/mol. The number of hydrogen-bond acceptors (Lipinski definition) is 8. The van der Waals surface area contributed by atoms with Crippen LogP contribution in [0.15, 0.2) is 81.9 Å². The fraction of sp³-hybridized carbons (Fsp3) is 0. The number of nitro groups is 1. The molecule has 10 heteroatoms. The van der Waals surface area contributed by atoms with E-state index in [0.29, 0.717) is 5.39 Å². The Labute approximate surface area is 169 Å². The van der Waals surface area contributed by atoms with Gasteiger partial charge in [0.25, 0.3) is 5.69 Å². The highest BCUT2D eigenvalue weighted by Crippen LogP contribution is 2.38. The van der Waals surface area contributed by atoms with Gasteiger partial charge in [-0.15, -0.1) is 10.2 Å². The molecule has 0 aromatic heterocycles. The van der Waals surface area contributed by atoms with E-state index < -0.39 is 19.9 Å². The Morgan fingerprint density at radius 1 is 0.867 bits per heavy atom. The van der Waals surface area contributed by atoms with Gasteiger partial charge in [-0.3, -0.25) is 10.1 Å². The first-order chi connectivity index (χ1) is 14.3. The van der Waals surface area contributed by atoms with Gasteiger partial charge in [0.2, 0.25) is 0 Å². The minimum Gasteiger partial charge on any atom is -0.744 e. The van der Waals surface area contributed by atoms with Crippen LogP contribution in [-0.4, -0.2) is 23.0 Å². The van der Waals surface area contributed by atoms with E-state index >= 15 is 0 Å². The normalized spacial score (nSPS) is 12.0. The number of phenols is 1. The quantitative estimate of drug-likeness (QED) is 0.214. The summed E-state index contributed by atoms with van der Waals surface area (Å²) in [6.45, 7) is 0. The molecule has 0 bridgehead atoms. The number of fused-ring (bicyclic) bond motifs is 2. The molecule has 0 spiro atoms. The van der Waals surface area contributed by atoms with Crippen molar-refractivity contribution in [3.63, 3.8) is 0 Å². The topological polar surface area (TPSA) is 145 Å². The van der Waals surface area contributed by atoms with Gasteiger partial charge >= 0.3 is 0 Å². The average Bonchev–Trinajstić information content (AvgIpc) is 2.71. The Balaban J connectivity index is 1.93. The molecule has 0 aliphatic heterocycles. The number of hydrogen-bond donors (Lipinski definition) is 1. The van der Waals surface area contributed by atoms with Gasteiger partial charge in [0.05, 0.1) is 15.5 Å². The van der Waals surface area contributed by atoms with E-state index in [-0.39, 0.29) is 33.6 Å². The zero-order valence-electron chi connectivity index (χ0n) is 15.1. The van der Waals surface area contributed by atoms with Crippen LogP contribution >= 0.6 is 0 Å². The van der Waals surface area contributed by atoms with Gasteiger partial charge in [0.1, 0.15) is 21.6 Å². The molecule has 0 aliphatic rings. The molecule has 0 aliphatic carbocycles. The average molecular weight is 422 g/mol. The first-order valence-corrected chi connectivity index (χ1v) is 9.96. The van der Waals surface area contributed by atoms with E-state index in [9.17, 15) is 28.2 Å². The van der Waals surface area contributed by atoms with Crippen molar-refractivity contribution in [1.82, 2.24) is 0 Å². The van der Waals surface area contributed by atoms with Crippen LogP contribution in [0, 0.1) is 10.1 Å². The van der Waals surface area contributed by atoms with Crippen LogP contribution in [0.2, 0.25) is 0 Å². The molecule has 0 atom stereocenters. The van der Waals surface area contributed by atoms with Crippen molar-refractivity contribution in [3.8, 4) is 5.75 Å². The molecular weight excluding hydrogens is 410 g/mol. The number of non-ortho nitro benzene ring substituents is 1. The van der Waals surface area contributed by atoms with Crippen molar-refractivity contribution in [2.45, 2.75) is 4.90 Å². The van der Waals surface area contributed by atoms with Crippen molar-refractivity contribution >= 4 is 48.7 Å². The maximum atomic E-state index is 11.6. The number of nitro benzene ring substituents is 1. The van der Waals surface area contributed by atoms with Gasteiger partial charge < -0.3 is 9.66 Å². The molecule has 4 aromatic rings. The molecule has 0 fully saturated rings. The lowest BCUT2D eigenvalue weighted by atomic mass is 10.1. The van der Waals surface area contributed by atoms with E-state index in [1.807, 2.05) is 12.1 Å². The Kier molecular flexibility index (Phi) is 4.65. The van der Waals surface area contributed by atoms with E-state index in [1.165, 1.54) is 24.3 Å². The van der Waals surface area contributed by atoms with Crippen LogP contribution in [0.25, 0.3) is 21.5 Å². The predicted octanol–water partition coefficient (Wildman–Crippen LogP) is 4.93. The van der Waals surface area contributed by atoms with Crippen LogP contribution in [0.1, 0.15) is 0 Å². The molecule has 30 heavy (non-hydrogen) atoms. The van der Waals surface area contributed by atoms with E-state index in [4.69, 9.17) is 0 Å². The minimum absolute atomic E-state index is 0.101. The number of phenolic OH excluding ortho intramolecular Hbond substituents is 1. The minimum atomic E-state index is -4.88. The highest BCUT2D eigenvalue weighted by atomic mass is 32.2. The first kappa shape index (κ1) is 19.4. The van der Waals surface area contributed by atoms with Crippen LogP contribution in [0.5, 0.6) is 5.75 Å². The SMILES string of the molecule is O=[N+]([O-])c1ccc2c(N=Nc3c(O)ccc4ccccc34)ccc(S(=O)(=O)[O-])c2c1. The Morgan fingerprint density at radius 3 is 2.37 bits per heavy atom. The molecule has 0 unspecified atom stereocenters. The molecule has 4 rings (SSSR count). The van der Waals surface area contributed by atoms with Crippen LogP contribution < -0.4 is 0 Å². The molecule has 0 saturated carbocycles. The van der Waals surface area contributed by atoms with Gasteiger partial charge in [-0.25, -0.2) is 8.42 Å². The number of aromatic hydroxyl groups is 1. The van der Waals surface area contributed by atoms with Crippen molar-refractivity contribution in [2.75, 3.05) is 0 Å². The standard InChI is InChI=1S/C20H13N3O6S/c24-18-9-5-12-3-1-2-4-14(12)20(18)22-21-17-8-10-19(30(27,28)29)16-11-13(23(25)26)6-7-15(16)17/h1-11,24H,(H,27,28,29)/p-1. The summed E-state index contributed by atoms with van der Waals surface area (Å²) in [5.41, 5.74) is 0.0245. The summed E-state index contributed by atoms with van der Waals surface area (Å²) in [6.07, 6.45) is 0. The van der Waals surface area contributed by atoms with Crippen LogP contribution in [0.3, 0.4) is 0 Å². The summed E-state index contributed by atoms with van der Waals surface area (Å²) in [5.74, 6) is -0.101. The lowest BCUT2D eigenvalue weighted by molar-refractivity contribution is -0.384. The van der Waals surface area contributed by atoms with Crippen LogP contribution in [0.4, 0.5) is 17.1 Å². The van der Waals surface area contributed by atoms with Crippen molar-refractivity contribution in [2.24, 2.45) is 10.2 Å². The Hall–Kier alpha value is -3.89. The molecule has 0 heterocycles. The molecule has 4 aromatic carbocycles. The Morgan fingerprint density at radius 2 is 1.63 bits per heavy atom. The second-order valence-electron chi connectivity index (χ2n) is 6.38. The van der Waals surface area contributed by atoms with Gasteiger partial charge in [-0.2, -0.15) is 0 Å². The second-order valence-corrected chi connectivity index (χ2v) is 7.73. The summed E-state index contributed by atoms with van der Waals surface area (Å²) in [5, 5.41) is 31.1. The third kappa shape index (κ3) is 3.45. The second kappa shape index (κ2) is 7.17. The summed E-state index contributed by atoms with van der Waals surface area (Å²) < 4.78 is 34.8. The summed E-state index contributed by atoms with van der Waals surface area (Å²) in [6, 6.07) is 16.2. The van der Waals surface area contributed by atoms with E-state index in [1.54, 1.807) is 18.2 Å². The van der Waals surface area contributed by atoms with Gasteiger partial charge in [0, 0.05) is 28.3 Å². The van der Waals surface area contributed by atoms with Gasteiger partial charge in [-0.1, -0.05) is 30.3 Å². The van der Waals surface area contributed by atoms with Gasteiger partial charge in [-0.05, 0) is 29.7 Å². The molecule has 0 amide bonds. The summed E-state index contributed by atoms with van der Waals surface area (Å²) >= 11 is 0.